The Balaban J connectivity index is 1.57. The van der Waals surface area contributed by atoms with E-state index in [1.165, 1.54) is 32.4 Å². The molecule has 3 aliphatic rings. The highest BCUT2D eigenvalue weighted by Crippen LogP contribution is 2.52. The summed E-state index contributed by atoms with van der Waals surface area (Å²) in [6, 6.07) is 3.55. The maximum absolute atomic E-state index is 13.8. The smallest absolute Gasteiger partial charge is 0.236 e. The van der Waals surface area contributed by atoms with E-state index in [4.69, 9.17) is 14.2 Å². The maximum Gasteiger partial charge on any atom is 0.236 e. The molecule has 14 heteroatoms. The molecule has 0 saturated carbocycles. The van der Waals surface area contributed by atoms with Gasteiger partial charge in [0, 0.05) is 36.0 Å². The standard InChI is InChI=1S/C30H34N2O12/c1-12-25(35)16(32-19(34)11-31-42-4)8-20(43-12)44-18-10-30(40,13(2)33)9-15-22(18)29(39)24-23(27(15)37)26(36)14-6-5-7-17(41-3)21(14)28(24)38/h5-7,12,16,18,20,25,31,35,37,39-40H,8-11H2,1-4H3,(H,32,34)/t12?,16-,18+,20+,25-,30+/m1/s1. The summed E-state index contributed by atoms with van der Waals surface area (Å²) in [5.74, 6) is -3.89. The lowest BCUT2D eigenvalue weighted by atomic mass is 9.72. The van der Waals surface area contributed by atoms with Crippen molar-refractivity contribution in [3.8, 4) is 17.2 Å². The summed E-state index contributed by atoms with van der Waals surface area (Å²) >= 11 is 0. The van der Waals surface area contributed by atoms with Crippen LogP contribution in [0.1, 0.15) is 75.8 Å². The molecule has 236 valence electrons. The third-order valence-corrected chi connectivity index (χ3v) is 8.48. The van der Waals surface area contributed by atoms with Crippen molar-refractivity contribution in [2.24, 2.45) is 0 Å². The van der Waals surface area contributed by atoms with Gasteiger partial charge in [0.25, 0.3) is 0 Å². The monoisotopic (exact) mass is 614 g/mol. The molecule has 5 rings (SSSR count). The van der Waals surface area contributed by atoms with Crippen LogP contribution in [-0.4, -0.2) is 94.6 Å². The lowest BCUT2D eigenvalue weighted by molar-refractivity contribution is -0.249. The molecule has 1 amide bonds. The van der Waals surface area contributed by atoms with E-state index in [1.807, 2.05) is 0 Å². The number of benzene rings is 2. The number of aliphatic hydroxyl groups is 2. The molecule has 2 aromatic carbocycles. The van der Waals surface area contributed by atoms with Gasteiger partial charge in [-0.1, -0.05) is 12.1 Å². The predicted octanol–water partition coefficient (Wildman–Crippen LogP) is 0.337. The van der Waals surface area contributed by atoms with Gasteiger partial charge in [0.05, 0.1) is 55.7 Å². The number of aromatic hydroxyl groups is 2. The van der Waals surface area contributed by atoms with Gasteiger partial charge in [0.1, 0.15) is 29.0 Å². The minimum Gasteiger partial charge on any atom is -0.507 e. The van der Waals surface area contributed by atoms with E-state index in [2.05, 4.69) is 15.6 Å². The van der Waals surface area contributed by atoms with Crippen molar-refractivity contribution in [2.75, 3.05) is 20.8 Å². The van der Waals surface area contributed by atoms with Gasteiger partial charge in [-0.05, 0) is 19.9 Å². The van der Waals surface area contributed by atoms with Gasteiger partial charge in [0.2, 0.25) is 11.7 Å². The third kappa shape index (κ3) is 5.23. The minimum atomic E-state index is -2.07. The topological polar surface area (TPSA) is 210 Å². The average Bonchev–Trinajstić information content (AvgIpc) is 2.98. The number of hydrogen-bond donors (Lipinski definition) is 6. The zero-order valence-corrected chi connectivity index (χ0v) is 24.5. The molecular formula is C30H34N2O12. The summed E-state index contributed by atoms with van der Waals surface area (Å²) in [6.07, 6.45) is -5.36. The van der Waals surface area contributed by atoms with Crippen LogP contribution in [0.3, 0.4) is 0 Å². The van der Waals surface area contributed by atoms with Crippen LogP contribution in [0, 0.1) is 0 Å². The van der Waals surface area contributed by atoms with Crippen molar-refractivity contribution >= 4 is 23.3 Å². The average molecular weight is 615 g/mol. The fourth-order valence-electron chi connectivity index (χ4n) is 6.16. The lowest BCUT2D eigenvalue weighted by Gasteiger charge is -2.42. The van der Waals surface area contributed by atoms with Crippen LogP contribution >= 0.6 is 0 Å². The quantitative estimate of drug-likeness (QED) is 0.150. The van der Waals surface area contributed by atoms with E-state index in [1.54, 1.807) is 6.92 Å². The van der Waals surface area contributed by atoms with Crippen LogP contribution in [0.15, 0.2) is 18.2 Å². The van der Waals surface area contributed by atoms with E-state index in [9.17, 15) is 39.6 Å². The number of amides is 1. The second-order valence-electron chi connectivity index (χ2n) is 11.2. The fourth-order valence-corrected chi connectivity index (χ4v) is 6.16. The molecule has 0 radical (unpaired) electrons. The molecule has 14 nitrogen and oxygen atoms in total. The number of phenolic OH excluding ortho intramolecular Hbond substituents is 2. The molecule has 6 N–H and O–H groups in total. The Labute approximate surface area is 251 Å². The highest BCUT2D eigenvalue weighted by atomic mass is 16.7. The molecule has 0 spiro atoms. The number of Topliss-reactive ketones (excluding diaryl/α,β-unsaturated/α-hetero) is 1. The predicted molar refractivity (Wildman–Crippen MR) is 149 cm³/mol. The Morgan fingerprint density at radius 2 is 1.80 bits per heavy atom. The van der Waals surface area contributed by atoms with Crippen LogP contribution in [0.4, 0.5) is 0 Å². The van der Waals surface area contributed by atoms with E-state index in [0.717, 1.165) is 6.92 Å². The SMILES string of the molecule is CONCC(=O)N[C@@H]1C[C@H](O[C@H]2C[C@](O)(C(C)=O)Cc3c(O)c4c(c(O)c32)C(=O)c2c(OC)cccc2C4=O)OC(C)[C@H]1O. The number of fused-ring (bicyclic) bond motifs is 3. The number of aliphatic hydroxyl groups excluding tert-OH is 1. The fraction of sp³-hybridized carbons (Fsp3) is 0.467. The van der Waals surface area contributed by atoms with Gasteiger partial charge in [-0.3, -0.25) is 19.2 Å². The minimum absolute atomic E-state index is 0.0427. The molecule has 0 bridgehead atoms. The molecule has 1 aliphatic heterocycles. The summed E-state index contributed by atoms with van der Waals surface area (Å²) in [5.41, 5.74) is -0.961. The van der Waals surface area contributed by atoms with Crippen molar-refractivity contribution in [2.45, 2.75) is 69.4 Å². The van der Waals surface area contributed by atoms with Crippen molar-refractivity contribution in [1.29, 1.82) is 0 Å². The molecule has 0 aromatic heterocycles. The zero-order valence-electron chi connectivity index (χ0n) is 24.5. The number of carbonyl (C=O) groups excluding carboxylic acids is 4. The maximum atomic E-state index is 13.8. The number of carbonyl (C=O) groups is 4. The summed E-state index contributed by atoms with van der Waals surface area (Å²) in [5, 5.41) is 47.7. The number of nitrogens with one attached hydrogen (secondary N) is 2. The van der Waals surface area contributed by atoms with Gasteiger partial charge in [-0.2, -0.15) is 5.48 Å². The second-order valence-corrected chi connectivity index (χ2v) is 11.2. The van der Waals surface area contributed by atoms with Gasteiger partial charge >= 0.3 is 0 Å². The number of hydrogen-bond acceptors (Lipinski definition) is 13. The highest BCUT2D eigenvalue weighted by Gasteiger charge is 2.49. The van der Waals surface area contributed by atoms with Gasteiger partial charge in [-0.25, -0.2) is 0 Å². The molecule has 2 aromatic rings. The van der Waals surface area contributed by atoms with Gasteiger partial charge in [-0.15, -0.1) is 0 Å². The summed E-state index contributed by atoms with van der Waals surface area (Å²) in [7, 11) is 2.67. The Kier molecular flexibility index (Phi) is 8.50. The molecule has 1 fully saturated rings. The Morgan fingerprint density at radius 3 is 2.45 bits per heavy atom. The van der Waals surface area contributed by atoms with Crippen molar-refractivity contribution in [3.05, 3.63) is 51.6 Å². The van der Waals surface area contributed by atoms with Crippen molar-refractivity contribution in [3.63, 3.8) is 0 Å². The Bertz CT molecular complexity index is 1540. The van der Waals surface area contributed by atoms with Crippen LogP contribution < -0.4 is 15.5 Å². The Hall–Kier alpha value is -3.92. The number of methoxy groups -OCH3 is 1. The van der Waals surface area contributed by atoms with E-state index in [-0.39, 0.29) is 41.0 Å². The first kappa shape index (κ1) is 31.5. The van der Waals surface area contributed by atoms with Crippen LogP contribution in [0.2, 0.25) is 0 Å². The Morgan fingerprint density at radius 1 is 1.09 bits per heavy atom. The van der Waals surface area contributed by atoms with E-state index < -0.39 is 95.0 Å². The second kappa shape index (κ2) is 11.9. The van der Waals surface area contributed by atoms with Crippen molar-refractivity contribution < 1.29 is 58.7 Å². The van der Waals surface area contributed by atoms with E-state index in [0.29, 0.717) is 0 Å². The highest BCUT2D eigenvalue weighted by molar-refractivity contribution is 6.31. The van der Waals surface area contributed by atoms with Crippen LogP contribution in [0.5, 0.6) is 17.2 Å². The molecule has 2 aliphatic carbocycles. The van der Waals surface area contributed by atoms with Crippen molar-refractivity contribution in [1.82, 2.24) is 10.8 Å². The van der Waals surface area contributed by atoms with Gasteiger partial charge < -0.3 is 44.8 Å². The normalized spacial score (nSPS) is 27.6. The largest absolute Gasteiger partial charge is 0.507 e. The summed E-state index contributed by atoms with van der Waals surface area (Å²) in [6.45, 7) is 2.52. The third-order valence-electron chi connectivity index (χ3n) is 8.48. The van der Waals surface area contributed by atoms with E-state index >= 15 is 0 Å². The first-order valence-electron chi connectivity index (χ1n) is 14.0. The molecule has 1 unspecified atom stereocenters. The first-order chi connectivity index (χ1) is 20.8. The lowest BCUT2D eigenvalue weighted by Crippen LogP contribution is -2.56. The van der Waals surface area contributed by atoms with Crippen LogP contribution in [0.25, 0.3) is 0 Å². The molecule has 1 heterocycles. The summed E-state index contributed by atoms with van der Waals surface area (Å²) in [4.78, 5) is 57.0. The number of ketones is 3. The number of rotatable bonds is 8. The molecule has 44 heavy (non-hydrogen) atoms. The number of phenols is 2. The molecular weight excluding hydrogens is 580 g/mol. The number of hydroxylamine groups is 1. The van der Waals surface area contributed by atoms with Crippen LogP contribution in [-0.2, 0) is 30.3 Å². The molecule has 6 atom stereocenters. The number of ether oxygens (including phenoxy) is 3. The summed E-state index contributed by atoms with van der Waals surface area (Å²) < 4.78 is 17.3. The van der Waals surface area contributed by atoms with Gasteiger partial charge in [0.15, 0.2) is 17.9 Å². The zero-order chi connectivity index (χ0) is 32.1. The first-order valence-corrected chi connectivity index (χ1v) is 14.0. The molecule has 1 saturated heterocycles.